The third-order valence-corrected chi connectivity index (χ3v) is 2.96. The molecule has 2 rings (SSSR count). The fraction of sp³-hybridized carbons (Fsp3) is 0.308. The second-order valence-electron chi connectivity index (χ2n) is 4.26. The molecule has 1 fully saturated rings. The largest absolute Gasteiger partial charge is 0.495 e. The molecule has 1 aliphatic rings. The summed E-state index contributed by atoms with van der Waals surface area (Å²) < 4.78 is 5.04. The molecule has 3 amide bonds. The molecular formula is C13H13N3O3. The van der Waals surface area contributed by atoms with Crippen LogP contribution in [0, 0.1) is 11.3 Å². The molecule has 0 N–H and O–H groups in total. The van der Waals surface area contributed by atoms with Gasteiger partial charge in [0.05, 0.1) is 19.2 Å². The Morgan fingerprint density at radius 3 is 2.68 bits per heavy atom. The summed E-state index contributed by atoms with van der Waals surface area (Å²) in [5, 5.41) is 9.00. The monoisotopic (exact) mass is 259 g/mol. The van der Waals surface area contributed by atoms with Gasteiger partial charge in [0.2, 0.25) is 0 Å². The molecule has 1 heterocycles. The number of carbonyl (C=O) groups is 2. The first-order chi connectivity index (χ1) is 9.06. The van der Waals surface area contributed by atoms with Crippen molar-refractivity contribution in [2.24, 2.45) is 0 Å². The van der Waals surface area contributed by atoms with Gasteiger partial charge in [-0.15, -0.1) is 0 Å². The first-order valence-corrected chi connectivity index (χ1v) is 5.69. The minimum Gasteiger partial charge on any atom is -0.495 e. The minimum atomic E-state index is -0.320. The average Bonchev–Trinajstić information content (AvgIpc) is 2.65. The Morgan fingerprint density at radius 2 is 2.16 bits per heavy atom. The van der Waals surface area contributed by atoms with Gasteiger partial charge in [0, 0.05) is 7.05 Å². The highest BCUT2D eigenvalue weighted by molar-refractivity contribution is 6.01. The van der Waals surface area contributed by atoms with Crippen LogP contribution in [0.5, 0.6) is 5.75 Å². The van der Waals surface area contributed by atoms with Crippen molar-refractivity contribution in [2.45, 2.75) is 6.54 Å². The van der Waals surface area contributed by atoms with Crippen LogP contribution in [0.15, 0.2) is 18.2 Å². The molecule has 6 heteroatoms. The van der Waals surface area contributed by atoms with Crippen molar-refractivity contribution in [1.82, 2.24) is 9.80 Å². The normalized spacial score (nSPS) is 14.8. The quantitative estimate of drug-likeness (QED) is 0.758. The molecule has 0 atom stereocenters. The van der Waals surface area contributed by atoms with Crippen molar-refractivity contribution in [2.75, 3.05) is 20.7 Å². The lowest BCUT2D eigenvalue weighted by atomic mass is 10.1. The number of benzene rings is 1. The molecule has 0 spiro atoms. The molecule has 1 aliphatic heterocycles. The van der Waals surface area contributed by atoms with Gasteiger partial charge in [-0.3, -0.25) is 9.69 Å². The fourth-order valence-electron chi connectivity index (χ4n) is 1.95. The van der Waals surface area contributed by atoms with Crippen molar-refractivity contribution in [1.29, 1.82) is 5.26 Å². The zero-order valence-electron chi connectivity index (χ0n) is 10.7. The summed E-state index contributed by atoms with van der Waals surface area (Å²) in [7, 11) is 3.06. The molecule has 0 unspecified atom stereocenters. The van der Waals surface area contributed by atoms with Crippen molar-refractivity contribution in [3.63, 3.8) is 0 Å². The van der Waals surface area contributed by atoms with Crippen LogP contribution in [0.2, 0.25) is 0 Å². The molecule has 0 aliphatic carbocycles. The number of methoxy groups -OCH3 is 1. The molecule has 0 aromatic heterocycles. The van der Waals surface area contributed by atoms with Gasteiger partial charge in [-0.05, 0) is 17.7 Å². The highest BCUT2D eigenvalue weighted by atomic mass is 16.5. The summed E-state index contributed by atoms with van der Waals surface area (Å²) >= 11 is 0. The highest BCUT2D eigenvalue weighted by Gasteiger charge is 2.33. The third-order valence-electron chi connectivity index (χ3n) is 2.96. The van der Waals surface area contributed by atoms with Crippen molar-refractivity contribution >= 4 is 11.9 Å². The number of hydrogen-bond acceptors (Lipinski definition) is 4. The summed E-state index contributed by atoms with van der Waals surface area (Å²) in [5.74, 6) is 0.240. The predicted octanol–water partition coefficient (Wildman–Crippen LogP) is 0.961. The Morgan fingerprint density at radius 1 is 1.42 bits per heavy atom. The average molecular weight is 259 g/mol. The zero-order valence-corrected chi connectivity index (χ0v) is 10.7. The maximum atomic E-state index is 11.7. The Labute approximate surface area is 110 Å². The first-order valence-electron chi connectivity index (χ1n) is 5.69. The Hall–Kier alpha value is -2.55. The number of nitrogens with zero attached hydrogens (tertiary/aromatic N) is 3. The van der Waals surface area contributed by atoms with E-state index in [1.807, 2.05) is 6.07 Å². The number of ether oxygens (including phenoxy) is 1. The molecule has 98 valence electrons. The van der Waals surface area contributed by atoms with Crippen LogP contribution in [-0.4, -0.2) is 42.4 Å². The zero-order chi connectivity index (χ0) is 14.0. The van der Waals surface area contributed by atoms with E-state index >= 15 is 0 Å². The van der Waals surface area contributed by atoms with Crippen LogP contribution in [0.4, 0.5) is 4.79 Å². The summed E-state index contributed by atoms with van der Waals surface area (Å²) in [6.45, 7) is 0.265. The smallest absolute Gasteiger partial charge is 0.327 e. The molecule has 0 saturated carbocycles. The number of nitriles is 1. The van der Waals surface area contributed by atoms with Crippen LogP contribution in [0.25, 0.3) is 0 Å². The number of amides is 3. The predicted molar refractivity (Wildman–Crippen MR) is 66.3 cm³/mol. The molecule has 0 radical (unpaired) electrons. The van der Waals surface area contributed by atoms with Gasteiger partial charge in [0.15, 0.2) is 0 Å². The third kappa shape index (κ3) is 2.36. The van der Waals surface area contributed by atoms with Crippen molar-refractivity contribution in [3.05, 3.63) is 29.3 Å². The molecule has 6 nitrogen and oxygen atoms in total. The van der Waals surface area contributed by atoms with Gasteiger partial charge in [-0.25, -0.2) is 4.79 Å². The summed E-state index contributed by atoms with van der Waals surface area (Å²) in [5.41, 5.74) is 1.10. The Balaban J connectivity index is 2.23. The SMILES string of the molecule is COc1ccc(CN2C(=O)CN(C)C2=O)cc1C#N. The summed E-state index contributed by atoms with van der Waals surface area (Å²) in [6, 6.07) is 6.71. The van der Waals surface area contributed by atoms with Crippen LogP contribution < -0.4 is 4.74 Å². The lowest BCUT2D eigenvalue weighted by Gasteiger charge is -2.14. The topological polar surface area (TPSA) is 73.6 Å². The number of likely N-dealkylation sites (N-methyl/N-ethyl adjacent to an activating group) is 1. The summed E-state index contributed by atoms with van der Waals surface area (Å²) in [4.78, 5) is 25.9. The molecule has 19 heavy (non-hydrogen) atoms. The van der Waals surface area contributed by atoms with Crippen LogP contribution >= 0.6 is 0 Å². The van der Waals surface area contributed by atoms with Gasteiger partial charge < -0.3 is 9.64 Å². The number of imide groups is 1. The summed E-state index contributed by atoms with van der Waals surface area (Å²) in [6.07, 6.45) is 0. The number of carbonyl (C=O) groups excluding carboxylic acids is 2. The second kappa shape index (κ2) is 4.98. The van der Waals surface area contributed by atoms with Crippen molar-refractivity contribution < 1.29 is 14.3 Å². The van der Waals surface area contributed by atoms with E-state index in [0.717, 1.165) is 0 Å². The van der Waals surface area contributed by atoms with Gasteiger partial charge in [0.25, 0.3) is 5.91 Å². The Bertz CT molecular complexity index is 577. The molecule has 1 saturated heterocycles. The lowest BCUT2D eigenvalue weighted by molar-refractivity contribution is -0.125. The van der Waals surface area contributed by atoms with E-state index in [9.17, 15) is 9.59 Å². The van der Waals surface area contributed by atoms with E-state index < -0.39 is 0 Å². The maximum absolute atomic E-state index is 11.7. The first kappa shape index (κ1) is 12.9. The van der Waals surface area contributed by atoms with Crippen LogP contribution in [0.3, 0.4) is 0 Å². The van der Waals surface area contributed by atoms with Gasteiger partial charge in [0.1, 0.15) is 18.4 Å². The van der Waals surface area contributed by atoms with E-state index in [1.165, 1.54) is 16.9 Å². The van der Waals surface area contributed by atoms with E-state index in [1.54, 1.807) is 25.2 Å². The maximum Gasteiger partial charge on any atom is 0.327 e. The number of rotatable bonds is 3. The molecule has 1 aromatic carbocycles. The van der Waals surface area contributed by atoms with E-state index in [4.69, 9.17) is 10.00 Å². The van der Waals surface area contributed by atoms with Crippen molar-refractivity contribution in [3.8, 4) is 11.8 Å². The second-order valence-corrected chi connectivity index (χ2v) is 4.26. The van der Waals surface area contributed by atoms with Gasteiger partial charge >= 0.3 is 6.03 Å². The molecular weight excluding hydrogens is 246 g/mol. The van der Waals surface area contributed by atoms with Crippen LogP contribution in [0.1, 0.15) is 11.1 Å². The molecule has 0 bridgehead atoms. The van der Waals surface area contributed by atoms with Gasteiger partial charge in [-0.1, -0.05) is 6.07 Å². The fourth-order valence-corrected chi connectivity index (χ4v) is 1.95. The van der Waals surface area contributed by atoms with Gasteiger partial charge in [-0.2, -0.15) is 5.26 Å². The number of urea groups is 1. The van der Waals surface area contributed by atoms with E-state index in [0.29, 0.717) is 16.9 Å². The number of hydrogen-bond donors (Lipinski definition) is 0. The standard InChI is InChI=1S/C13H13N3O3/c1-15-8-12(17)16(13(15)18)7-9-3-4-11(19-2)10(5-9)6-14/h3-5H,7-8H2,1-2H3. The van der Waals surface area contributed by atoms with E-state index in [-0.39, 0.29) is 25.0 Å². The molecule has 1 aromatic rings. The Kier molecular flexibility index (Phi) is 3.38. The van der Waals surface area contributed by atoms with E-state index in [2.05, 4.69) is 0 Å². The minimum absolute atomic E-state index is 0.0973. The lowest BCUT2D eigenvalue weighted by Crippen LogP contribution is -2.31. The van der Waals surface area contributed by atoms with Crippen LogP contribution in [-0.2, 0) is 11.3 Å². The highest BCUT2D eigenvalue weighted by Crippen LogP contribution is 2.21.